The fraction of sp³-hybridized carbons (Fsp3) is 0.480. The Morgan fingerprint density at radius 3 is 2.50 bits per heavy atom. The summed E-state index contributed by atoms with van der Waals surface area (Å²) in [6, 6.07) is 14.0. The molecule has 2 aromatic rings. The second kappa shape index (κ2) is 6.95. The molecule has 1 aromatic heterocycles. The Balaban J connectivity index is 1.43. The van der Waals surface area contributed by atoms with Crippen LogP contribution in [0.25, 0.3) is 6.08 Å². The van der Waals surface area contributed by atoms with Gasteiger partial charge in [-0.1, -0.05) is 30.3 Å². The summed E-state index contributed by atoms with van der Waals surface area (Å²) in [6.07, 6.45) is 8.23. The average molecular weight is 392 g/mol. The van der Waals surface area contributed by atoms with Gasteiger partial charge in [-0.3, -0.25) is 0 Å². The maximum atomic E-state index is 2.60. The molecule has 0 spiro atoms. The molecule has 0 radical (unpaired) electrons. The third-order valence-corrected chi connectivity index (χ3v) is 8.56. The van der Waals surface area contributed by atoms with E-state index in [2.05, 4.69) is 79.8 Å². The van der Waals surface area contributed by atoms with Crippen molar-refractivity contribution >= 4 is 23.5 Å². The highest BCUT2D eigenvalue weighted by Crippen LogP contribution is 2.51. The lowest BCUT2D eigenvalue weighted by Gasteiger charge is -2.26. The molecule has 0 amide bonds. The lowest BCUT2D eigenvalue weighted by molar-refractivity contribution is -0.738. The number of hydrogen-bond acceptors (Lipinski definition) is 2. The number of thioether (sulfide) groups is 1. The molecule has 2 bridgehead atoms. The molecular formula is C25H31N2S+. The summed E-state index contributed by atoms with van der Waals surface area (Å²) in [5, 5.41) is 1.30. The van der Waals surface area contributed by atoms with Crippen LogP contribution in [-0.4, -0.2) is 7.05 Å². The first-order valence-corrected chi connectivity index (χ1v) is 11.6. The Hall–Kier alpha value is -1.74. The van der Waals surface area contributed by atoms with Crippen LogP contribution in [0.1, 0.15) is 55.6 Å². The molecule has 2 heterocycles. The number of benzene rings is 1. The summed E-state index contributed by atoms with van der Waals surface area (Å²) in [5.41, 5.74) is 5.41. The molecule has 0 N–H and O–H groups in total. The van der Waals surface area contributed by atoms with Gasteiger partial charge in [0, 0.05) is 43.8 Å². The predicted molar refractivity (Wildman–Crippen MR) is 118 cm³/mol. The molecule has 28 heavy (non-hydrogen) atoms. The largest absolute Gasteiger partial charge is 0.338 e. The second-order valence-corrected chi connectivity index (χ2v) is 10.2. The Morgan fingerprint density at radius 2 is 1.86 bits per heavy atom. The number of rotatable bonds is 3. The minimum atomic E-state index is 0.616. The smallest absolute Gasteiger partial charge is 0.179 e. The highest BCUT2D eigenvalue weighted by Gasteiger charge is 2.45. The zero-order chi connectivity index (χ0) is 19.4. The SMILES string of the molecule is Cc1cc(C=C2Sc3ccccc3N2C)cc(C)[n+]1[C@H](C)[C@@H]1C[C@H]2CC[C@H]1C2. The van der Waals surface area contributed by atoms with Gasteiger partial charge >= 0.3 is 0 Å². The summed E-state index contributed by atoms with van der Waals surface area (Å²) in [5.74, 6) is 2.85. The minimum Gasteiger partial charge on any atom is -0.338 e. The van der Waals surface area contributed by atoms with Gasteiger partial charge in [-0.05, 0) is 61.8 Å². The van der Waals surface area contributed by atoms with Crippen molar-refractivity contribution in [1.82, 2.24) is 0 Å². The van der Waals surface area contributed by atoms with Crippen molar-refractivity contribution < 1.29 is 4.57 Å². The van der Waals surface area contributed by atoms with Crippen molar-refractivity contribution in [3.8, 4) is 0 Å². The Kier molecular flexibility index (Phi) is 4.54. The molecule has 1 aromatic carbocycles. The number of pyridine rings is 1. The van der Waals surface area contributed by atoms with Crippen LogP contribution in [0.4, 0.5) is 5.69 Å². The van der Waals surface area contributed by atoms with Crippen LogP contribution < -0.4 is 9.47 Å². The number of para-hydroxylation sites is 1. The lowest BCUT2D eigenvalue weighted by atomic mass is 9.83. The van der Waals surface area contributed by atoms with Crippen LogP contribution in [0, 0.1) is 31.6 Å². The van der Waals surface area contributed by atoms with E-state index in [1.807, 2.05) is 11.8 Å². The molecule has 2 saturated carbocycles. The molecule has 2 fully saturated rings. The standard InChI is InChI=1S/C25H31N2S/c1-16-11-20(15-25-26(4)23-7-5-6-8-24(23)28-25)12-17(2)27(16)18(3)22-14-19-9-10-21(22)13-19/h5-8,11-12,15,18-19,21-22H,9-10,13-14H2,1-4H3/q+1/t18-,19+,21+,22+/m1/s1. The van der Waals surface area contributed by atoms with Crippen LogP contribution in [0.2, 0.25) is 0 Å². The average Bonchev–Trinajstić information content (AvgIpc) is 3.37. The van der Waals surface area contributed by atoms with Gasteiger partial charge in [-0.15, -0.1) is 0 Å². The maximum absolute atomic E-state index is 2.60. The molecular weight excluding hydrogens is 360 g/mol. The summed E-state index contributed by atoms with van der Waals surface area (Å²) in [4.78, 5) is 3.66. The van der Waals surface area contributed by atoms with Crippen LogP contribution >= 0.6 is 11.8 Å². The van der Waals surface area contributed by atoms with Crippen LogP contribution in [0.15, 0.2) is 46.3 Å². The Morgan fingerprint density at radius 1 is 1.11 bits per heavy atom. The minimum absolute atomic E-state index is 0.616. The first-order chi connectivity index (χ1) is 13.5. The molecule has 5 rings (SSSR count). The van der Waals surface area contributed by atoms with Crippen molar-refractivity contribution in [2.24, 2.45) is 17.8 Å². The molecule has 4 atom stereocenters. The maximum Gasteiger partial charge on any atom is 0.179 e. The zero-order valence-corrected chi connectivity index (χ0v) is 18.3. The monoisotopic (exact) mass is 391 g/mol. The summed E-state index contributed by atoms with van der Waals surface area (Å²) in [6.45, 7) is 7.04. The number of aromatic nitrogens is 1. The first-order valence-electron chi connectivity index (χ1n) is 10.8. The number of aryl methyl sites for hydroxylation is 2. The van der Waals surface area contributed by atoms with Gasteiger partial charge in [0.25, 0.3) is 0 Å². The molecule has 2 nitrogen and oxygen atoms in total. The third kappa shape index (κ3) is 2.99. The van der Waals surface area contributed by atoms with Gasteiger partial charge < -0.3 is 4.90 Å². The molecule has 146 valence electrons. The molecule has 3 aliphatic rings. The van der Waals surface area contributed by atoms with Gasteiger partial charge in [-0.25, -0.2) is 0 Å². The quantitative estimate of drug-likeness (QED) is 0.581. The fourth-order valence-electron chi connectivity index (χ4n) is 6.13. The van der Waals surface area contributed by atoms with E-state index in [4.69, 9.17) is 0 Å². The molecule has 0 saturated heterocycles. The summed E-state index contributed by atoms with van der Waals surface area (Å²) < 4.78 is 2.60. The third-order valence-electron chi connectivity index (χ3n) is 7.39. The fourth-order valence-corrected chi connectivity index (χ4v) is 7.24. The van der Waals surface area contributed by atoms with Crippen molar-refractivity contribution in [2.45, 2.75) is 57.4 Å². The molecule has 3 heteroatoms. The van der Waals surface area contributed by atoms with Crippen molar-refractivity contribution in [1.29, 1.82) is 0 Å². The lowest BCUT2D eigenvalue weighted by Crippen LogP contribution is -2.48. The van der Waals surface area contributed by atoms with Crippen LogP contribution in [0.3, 0.4) is 0 Å². The van der Waals surface area contributed by atoms with E-state index >= 15 is 0 Å². The topological polar surface area (TPSA) is 7.12 Å². The number of hydrogen-bond donors (Lipinski definition) is 0. The molecule has 2 aliphatic carbocycles. The Bertz CT molecular complexity index is 924. The van der Waals surface area contributed by atoms with E-state index in [0.717, 1.165) is 17.8 Å². The van der Waals surface area contributed by atoms with Gasteiger partial charge in [0.2, 0.25) is 0 Å². The van der Waals surface area contributed by atoms with Crippen molar-refractivity contribution in [3.05, 3.63) is 58.4 Å². The van der Waals surface area contributed by atoms with E-state index in [0.29, 0.717) is 6.04 Å². The van der Waals surface area contributed by atoms with E-state index < -0.39 is 0 Å². The van der Waals surface area contributed by atoms with Crippen LogP contribution in [-0.2, 0) is 0 Å². The molecule has 0 unspecified atom stereocenters. The highest BCUT2D eigenvalue weighted by atomic mass is 32.2. The molecule has 1 aliphatic heterocycles. The number of anilines is 1. The van der Waals surface area contributed by atoms with E-state index in [1.165, 1.54) is 58.2 Å². The second-order valence-electron chi connectivity index (χ2n) is 9.13. The van der Waals surface area contributed by atoms with Crippen molar-refractivity contribution in [3.63, 3.8) is 0 Å². The van der Waals surface area contributed by atoms with Gasteiger partial charge in [0.15, 0.2) is 17.4 Å². The number of fused-ring (bicyclic) bond motifs is 3. The predicted octanol–water partition coefficient (Wildman–Crippen LogP) is 6.13. The van der Waals surface area contributed by atoms with Crippen LogP contribution in [0.5, 0.6) is 0 Å². The van der Waals surface area contributed by atoms with Crippen molar-refractivity contribution in [2.75, 3.05) is 11.9 Å². The van der Waals surface area contributed by atoms with E-state index in [-0.39, 0.29) is 0 Å². The zero-order valence-electron chi connectivity index (χ0n) is 17.5. The van der Waals surface area contributed by atoms with Gasteiger partial charge in [-0.2, -0.15) is 4.57 Å². The van der Waals surface area contributed by atoms with Gasteiger partial charge in [0.05, 0.1) is 10.7 Å². The Labute approximate surface area is 173 Å². The van der Waals surface area contributed by atoms with Gasteiger partial charge in [0.1, 0.15) is 0 Å². The number of nitrogens with zero attached hydrogens (tertiary/aromatic N) is 2. The highest BCUT2D eigenvalue weighted by molar-refractivity contribution is 8.03. The normalized spacial score (nSPS) is 28.2. The van der Waals surface area contributed by atoms with E-state index in [9.17, 15) is 0 Å². The summed E-state index contributed by atoms with van der Waals surface area (Å²) >= 11 is 1.87. The summed E-state index contributed by atoms with van der Waals surface area (Å²) in [7, 11) is 2.17. The first kappa shape index (κ1) is 18.3. The van der Waals surface area contributed by atoms with E-state index in [1.54, 1.807) is 0 Å².